The number of hydrogen-bond donors (Lipinski definition) is 3. The molecule has 1 saturated carbocycles. The second-order valence-corrected chi connectivity index (χ2v) is 9.40. The van der Waals surface area contributed by atoms with Crippen LogP contribution in [-0.4, -0.2) is 39.6 Å². The standard InChI is InChI=1S/C10H21N3O4S2/c1-18(14,15)8-19(16,17)13-10(9(11)12)6-4-2-3-5-7-10/h13H,2-8H2,1H3,(H3,11,12). The molecule has 1 aliphatic rings. The number of hydrogen-bond acceptors (Lipinski definition) is 5. The van der Waals surface area contributed by atoms with Gasteiger partial charge in [0.15, 0.2) is 14.9 Å². The van der Waals surface area contributed by atoms with Crippen LogP contribution in [0.4, 0.5) is 0 Å². The summed E-state index contributed by atoms with van der Waals surface area (Å²) in [5.74, 6) is -0.244. The molecule has 0 aromatic heterocycles. The van der Waals surface area contributed by atoms with Crippen molar-refractivity contribution in [2.75, 3.05) is 11.3 Å². The van der Waals surface area contributed by atoms with Gasteiger partial charge in [-0.3, -0.25) is 5.41 Å². The summed E-state index contributed by atoms with van der Waals surface area (Å²) >= 11 is 0. The van der Waals surface area contributed by atoms with E-state index < -0.39 is 30.5 Å². The number of sulfone groups is 1. The monoisotopic (exact) mass is 311 g/mol. The van der Waals surface area contributed by atoms with E-state index in [1.807, 2.05) is 0 Å². The summed E-state index contributed by atoms with van der Waals surface area (Å²) in [6.45, 7) is 0. The third-order valence-electron chi connectivity index (χ3n) is 3.19. The molecule has 112 valence electrons. The quantitative estimate of drug-likeness (QED) is 0.372. The lowest BCUT2D eigenvalue weighted by Crippen LogP contribution is -2.57. The van der Waals surface area contributed by atoms with Crippen molar-refractivity contribution in [1.29, 1.82) is 5.41 Å². The van der Waals surface area contributed by atoms with Gasteiger partial charge in [0.05, 0.1) is 5.54 Å². The van der Waals surface area contributed by atoms with Crippen LogP contribution in [-0.2, 0) is 19.9 Å². The van der Waals surface area contributed by atoms with E-state index in [4.69, 9.17) is 11.1 Å². The Kier molecular flexibility index (Phi) is 4.97. The van der Waals surface area contributed by atoms with E-state index in [2.05, 4.69) is 4.72 Å². The van der Waals surface area contributed by atoms with Gasteiger partial charge in [0, 0.05) is 6.26 Å². The summed E-state index contributed by atoms with van der Waals surface area (Å²) in [7, 11) is -7.67. The molecule has 0 amide bonds. The zero-order valence-corrected chi connectivity index (χ0v) is 12.6. The molecule has 0 heterocycles. The molecule has 1 fully saturated rings. The van der Waals surface area contributed by atoms with Crippen molar-refractivity contribution in [2.24, 2.45) is 5.73 Å². The van der Waals surface area contributed by atoms with Crippen LogP contribution >= 0.6 is 0 Å². The van der Waals surface area contributed by atoms with Gasteiger partial charge < -0.3 is 5.73 Å². The van der Waals surface area contributed by atoms with Crippen molar-refractivity contribution in [3.05, 3.63) is 0 Å². The van der Waals surface area contributed by atoms with Crippen LogP contribution < -0.4 is 10.5 Å². The summed E-state index contributed by atoms with van der Waals surface area (Å²) in [4.78, 5) is 0. The maximum Gasteiger partial charge on any atom is 0.226 e. The first-order chi connectivity index (χ1) is 8.56. The fourth-order valence-corrected chi connectivity index (χ4v) is 5.77. The van der Waals surface area contributed by atoms with Gasteiger partial charge in [-0.2, -0.15) is 0 Å². The molecule has 0 aliphatic heterocycles. The SMILES string of the molecule is CS(=O)(=O)CS(=O)(=O)NC1(C(=N)N)CCCCCC1. The first-order valence-corrected chi connectivity index (χ1v) is 9.81. The molecule has 0 spiro atoms. The Labute approximate surface area is 114 Å². The fourth-order valence-electron chi connectivity index (χ4n) is 2.37. The summed E-state index contributed by atoms with van der Waals surface area (Å²) < 4.78 is 48.4. The number of sulfonamides is 1. The zero-order valence-electron chi connectivity index (χ0n) is 11.0. The maximum absolute atomic E-state index is 11.9. The molecule has 7 nitrogen and oxygen atoms in total. The molecule has 4 N–H and O–H groups in total. The molecule has 0 saturated heterocycles. The van der Waals surface area contributed by atoms with Crippen molar-refractivity contribution >= 4 is 25.7 Å². The molecule has 9 heteroatoms. The molecule has 19 heavy (non-hydrogen) atoms. The Morgan fingerprint density at radius 1 is 1.16 bits per heavy atom. The molecule has 0 atom stereocenters. The van der Waals surface area contributed by atoms with Crippen molar-refractivity contribution in [2.45, 2.75) is 44.1 Å². The Hall–Kier alpha value is -0.670. The Morgan fingerprint density at radius 2 is 1.63 bits per heavy atom. The lowest BCUT2D eigenvalue weighted by molar-refractivity contribution is 0.435. The molecule has 1 aliphatic carbocycles. The van der Waals surface area contributed by atoms with Crippen LogP contribution in [0.25, 0.3) is 0 Å². The van der Waals surface area contributed by atoms with Gasteiger partial charge in [-0.1, -0.05) is 25.7 Å². The summed E-state index contributed by atoms with van der Waals surface area (Å²) in [6.07, 6.45) is 5.18. The number of amidine groups is 1. The average molecular weight is 311 g/mol. The van der Waals surface area contributed by atoms with Gasteiger partial charge in [0.25, 0.3) is 0 Å². The number of rotatable bonds is 5. The van der Waals surface area contributed by atoms with Gasteiger partial charge in [0.1, 0.15) is 5.84 Å². The van der Waals surface area contributed by atoms with Crippen LogP contribution in [0, 0.1) is 5.41 Å². The van der Waals surface area contributed by atoms with E-state index in [9.17, 15) is 16.8 Å². The van der Waals surface area contributed by atoms with E-state index >= 15 is 0 Å². The average Bonchev–Trinajstić information content (AvgIpc) is 2.39. The largest absolute Gasteiger partial charge is 0.386 e. The molecular formula is C10H21N3O4S2. The van der Waals surface area contributed by atoms with Gasteiger partial charge >= 0.3 is 0 Å². The van der Waals surface area contributed by atoms with Gasteiger partial charge in [-0.15, -0.1) is 0 Å². The van der Waals surface area contributed by atoms with Crippen LogP contribution in [0.2, 0.25) is 0 Å². The molecule has 0 unspecified atom stereocenters. The lowest BCUT2D eigenvalue weighted by Gasteiger charge is -2.32. The first-order valence-electron chi connectivity index (χ1n) is 6.10. The van der Waals surface area contributed by atoms with E-state index in [0.717, 1.165) is 31.9 Å². The highest BCUT2D eigenvalue weighted by molar-refractivity contribution is 8.06. The highest BCUT2D eigenvalue weighted by atomic mass is 32.3. The van der Waals surface area contributed by atoms with E-state index in [0.29, 0.717) is 12.8 Å². The van der Waals surface area contributed by atoms with Crippen molar-refractivity contribution in [3.63, 3.8) is 0 Å². The highest BCUT2D eigenvalue weighted by Crippen LogP contribution is 2.28. The topological polar surface area (TPSA) is 130 Å². The smallest absolute Gasteiger partial charge is 0.226 e. The minimum absolute atomic E-state index is 0.244. The molecule has 0 aromatic carbocycles. The predicted molar refractivity (Wildman–Crippen MR) is 74.1 cm³/mol. The third kappa shape index (κ3) is 5.07. The van der Waals surface area contributed by atoms with Crippen LogP contribution in [0.15, 0.2) is 0 Å². The lowest BCUT2D eigenvalue weighted by atomic mass is 9.90. The minimum atomic E-state index is -4.02. The number of nitrogens with two attached hydrogens (primary N) is 1. The Morgan fingerprint density at radius 3 is 2.00 bits per heavy atom. The van der Waals surface area contributed by atoms with Crippen LogP contribution in [0.1, 0.15) is 38.5 Å². The van der Waals surface area contributed by atoms with E-state index in [1.165, 1.54) is 0 Å². The third-order valence-corrected chi connectivity index (χ3v) is 6.85. The Bertz CT molecular complexity index is 531. The molecule has 1 rings (SSSR count). The zero-order chi connectivity index (χ0) is 14.7. The van der Waals surface area contributed by atoms with Gasteiger partial charge in [-0.25, -0.2) is 21.6 Å². The van der Waals surface area contributed by atoms with E-state index in [1.54, 1.807) is 0 Å². The number of nitrogens with one attached hydrogen (secondary N) is 2. The fraction of sp³-hybridized carbons (Fsp3) is 0.900. The van der Waals surface area contributed by atoms with Crippen molar-refractivity contribution < 1.29 is 16.8 Å². The second kappa shape index (κ2) is 5.76. The second-order valence-electron chi connectivity index (χ2n) is 5.17. The first kappa shape index (κ1) is 16.4. The predicted octanol–water partition coefficient (Wildman–Crippen LogP) is -0.0631. The normalized spacial score (nSPS) is 20.7. The van der Waals surface area contributed by atoms with Crippen molar-refractivity contribution in [1.82, 2.24) is 4.72 Å². The van der Waals surface area contributed by atoms with Crippen LogP contribution in [0.3, 0.4) is 0 Å². The Balaban J connectivity index is 2.99. The van der Waals surface area contributed by atoms with Gasteiger partial charge in [0.2, 0.25) is 10.0 Å². The summed E-state index contributed by atoms with van der Waals surface area (Å²) in [5.41, 5.74) is 4.42. The van der Waals surface area contributed by atoms with E-state index in [-0.39, 0.29) is 5.84 Å². The molecular weight excluding hydrogens is 290 g/mol. The van der Waals surface area contributed by atoms with Crippen molar-refractivity contribution in [3.8, 4) is 0 Å². The minimum Gasteiger partial charge on any atom is -0.386 e. The summed E-state index contributed by atoms with van der Waals surface area (Å²) in [6, 6.07) is 0. The molecule has 0 radical (unpaired) electrons. The molecule has 0 bridgehead atoms. The maximum atomic E-state index is 11.9. The molecule has 0 aromatic rings. The summed E-state index contributed by atoms with van der Waals surface area (Å²) in [5, 5.41) is 6.67. The van der Waals surface area contributed by atoms with Crippen LogP contribution in [0.5, 0.6) is 0 Å². The highest BCUT2D eigenvalue weighted by Gasteiger charge is 2.38. The van der Waals surface area contributed by atoms with Gasteiger partial charge in [-0.05, 0) is 12.8 Å².